The van der Waals surface area contributed by atoms with Crippen molar-refractivity contribution < 1.29 is 14.9 Å². The van der Waals surface area contributed by atoms with Gasteiger partial charge < -0.3 is 5.11 Å². The summed E-state index contributed by atoms with van der Waals surface area (Å²) < 4.78 is 0. The second-order valence-corrected chi connectivity index (χ2v) is 5.58. The van der Waals surface area contributed by atoms with Crippen LogP contribution in [-0.2, 0) is 9.78 Å². The summed E-state index contributed by atoms with van der Waals surface area (Å²) in [5.74, 6) is 0.964. The highest BCUT2D eigenvalue weighted by atomic mass is 17.2. The summed E-state index contributed by atoms with van der Waals surface area (Å²) >= 11 is 0. The molecule has 0 aromatic carbocycles. The molecule has 0 spiro atoms. The Kier molecular flexibility index (Phi) is 2.58. The molecule has 2 fully saturated rings. The summed E-state index contributed by atoms with van der Waals surface area (Å²) in [5, 5.41) is 9.87. The van der Waals surface area contributed by atoms with Crippen molar-refractivity contribution in [3.8, 4) is 0 Å². The molecule has 4 atom stereocenters. The van der Waals surface area contributed by atoms with Gasteiger partial charge >= 0.3 is 0 Å². The van der Waals surface area contributed by atoms with Crippen molar-refractivity contribution >= 4 is 0 Å². The molecular formula is C11H20O3. The molecule has 2 bridgehead atoms. The molecule has 2 aliphatic carbocycles. The first-order valence-electron chi connectivity index (χ1n) is 5.50. The van der Waals surface area contributed by atoms with Gasteiger partial charge in [0, 0.05) is 0 Å². The maximum Gasteiger partial charge on any atom is 0.122 e. The fourth-order valence-electron chi connectivity index (χ4n) is 2.54. The number of aliphatic hydroxyl groups excluding tert-OH is 1. The number of aliphatic hydroxyl groups is 1. The van der Waals surface area contributed by atoms with Crippen molar-refractivity contribution in [1.29, 1.82) is 0 Å². The van der Waals surface area contributed by atoms with Crippen LogP contribution in [0.3, 0.4) is 0 Å². The zero-order chi connectivity index (χ0) is 10.3. The van der Waals surface area contributed by atoms with Crippen LogP contribution < -0.4 is 0 Å². The van der Waals surface area contributed by atoms with Gasteiger partial charge in [-0.2, -0.15) is 0 Å². The smallest absolute Gasteiger partial charge is 0.122 e. The molecule has 0 saturated heterocycles. The Morgan fingerprint density at radius 3 is 2.29 bits per heavy atom. The van der Waals surface area contributed by atoms with E-state index in [0.29, 0.717) is 11.8 Å². The predicted octanol–water partition coefficient (Wildman–Crippen LogP) is 1.89. The SMILES string of the molecule is CC(C)(C)OO[C@@H]1[C@H]2CC[C@H](C2)[C@H]1O. The third-order valence-electron chi connectivity index (χ3n) is 3.21. The molecular weight excluding hydrogens is 180 g/mol. The van der Waals surface area contributed by atoms with E-state index >= 15 is 0 Å². The minimum Gasteiger partial charge on any atom is -0.390 e. The first kappa shape index (κ1) is 10.4. The van der Waals surface area contributed by atoms with Gasteiger partial charge in [-0.3, -0.25) is 0 Å². The highest BCUT2D eigenvalue weighted by Gasteiger charge is 2.48. The van der Waals surface area contributed by atoms with Crippen molar-refractivity contribution in [3.63, 3.8) is 0 Å². The normalized spacial score (nSPS) is 42.0. The molecule has 0 aromatic heterocycles. The summed E-state index contributed by atoms with van der Waals surface area (Å²) in [6.07, 6.45) is 3.05. The molecule has 2 rings (SSSR count). The molecule has 3 nitrogen and oxygen atoms in total. The van der Waals surface area contributed by atoms with Gasteiger partial charge in [0.2, 0.25) is 0 Å². The molecule has 2 saturated carbocycles. The Morgan fingerprint density at radius 1 is 1.14 bits per heavy atom. The van der Waals surface area contributed by atoms with E-state index in [1.165, 1.54) is 6.42 Å². The van der Waals surface area contributed by atoms with Gasteiger partial charge in [0.05, 0.1) is 11.7 Å². The molecule has 0 amide bonds. The largest absolute Gasteiger partial charge is 0.390 e. The molecule has 0 heterocycles. The maximum atomic E-state index is 9.87. The van der Waals surface area contributed by atoms with Crippen LogP contribution in [0, 0.1) is 11.8 Å². The fraction of sp³-hybridized carbons (Fsp3) is 1.00. The minimum absolute atomic E-state index is 0.0898. The van der Waals surface area contributed by atoms with Crippen LogP contribution in [0.15, 0.2) is 0 Å². The van der Waals surface area contributed by atoms with E-state index in [2.05, 4.69) is 0 Å². The van der Waals surface area contributed by atoms with Crippen molar-refractivity contribution in [2.24, 2.45) is 11.8 Å². The second kappa shape index (κ2) is 3.47. The van der Waals surface area contributed by atoms with Crippen molar-refractivity contribution in [1.82, 2.24) is 0 Å². The second-order valence-electron chi connectivity index (χ2n) is 5.58. The van der Waals surface area contributed by atoms with E-state index < -0.39 is 0 Å². The van der Waals surface area contributed by atoms with Crippen LogP contribution in [-0.4, -0.2) is 22.9 Å². The van der Waals surface area contributed by atoms with E-state index in [4.69, 9.17) is 9.78 Å². The molecule has 0 aromatic rings. The van der Waals surface area contributed by atoms with E-state index in [9.17, 15) is 5.11 Å². The summed E-state index contributed by atoms with van der Waals surface area (Å²) in [6.45, 7) is 5.85. The number of hydrogen-bond acceptors (Lipinski definition) is 3. The lowest BCUT2D eigenvalue weighted by Gasteiger charge is -2.29. The Balaban J connectivity index is 1.87. The van der Waals surface area contributed by atoms with Crippen LogP contribution in [0.4, 0.5) is 0 Å². The van der Waals surface area contributed by atoms with Crippen molar-refractivity contribution in [3.05, 3.63) is 0 Å². The number of rotatable bonds is 2. The van der Waals surface area contributed by atoms with Gasteiger partial charge in [-0.1, -0.05) is 0 Å². The molecule has 3 heteroatoms. The quantitative estimate of drug-likeness (QED) is 0.546. The summed E-state index contributed by atoms with van der Waals surface area (Å²) in [5.41, 5.74) is -0.290. The fourth-order valence-corrected chi connectivity index (χ4v) is 2.54. The molecule has 0 unspecified atom stereocenters. The van der Waals surface area contributed by atoms with Gasteiger partial charge in [-0.05, 0) is 51.9 Å². The Labute approximate surface area is 85.3 Å². The average Bonchev–Trinajstić information content (AvgIpc) is 2.60. The van der Waals surface area contributed by atoms with Gasteiger partial charge in [0.25, 0.3) is 0 Å². The van der Waals surface area contributed by atoms with E-state index in [0.717, 1.165) is 12.8 Å². The van der Waals surface area contributed by atoms with Crippen LogP contribution in [0.1, 0.15) is 40.0 Å². The van der Waals surface area contributed by atoms with Crippen molar-refractivity contribution in [2.45, 2.75) is 57.8 Å². The van der Waals surface area contributed by atoms with Gasteiger partial charge in [0.1, 0.15) is 6.10 Å². The summed E-state index contributed by atoms with van der Waals surface area (Å²) in [6, 6.07) is 0. The lowest BCUT2D eigenvalue weighted by atomic mass is 9.95. The molecule has 82 valence electrons. The molecule has 0 radical (unpaired) electrons. The lowest BCUT2D eigenvalue weighted by molar-refractivity contribution is -0.388. The molecule has 2 aliphatic rings. The average molecular weight is 200 g/mol. The summed E-state index contributed by atoms with van der Waals surface area (Å²) in [7, 11) is 0. The molecule has 14 heavy (non-hydrogen) atoms. The van der Waals surface area contributed by atoms with Gasteiger partial charge in [0.15, 0.2) is 0 Å². The van der Waals surface area contributed by atoms with Gasteiger partial charge in [-0.15, -0.1) is 0 Å². The van der Waals surface area contributed by atoms with Crippen LogP contribution in [0.25, 0.3) is 0 Å². The summed E-state index contributed by atoms with van der Waals surface area (Å²) in [4.78, 5) is 10.6. The lowest BCUT2D eigenvalue weighted by Crippen LogP contribution is -2.37. The number of hydrogen-bond donors (Lipinski definition) is 1. The zero-order valence-electron chi connectivity index (χ0n) is 9.19. The van der Waals surface area contributed by atoms with Crippen molar-refractivity contribution in [2.75, 3.05) is 0 Å². The third kappa shape index (κ3) is 1.95. The minimum atomic E-state index is -0.309. The Hall–Kier alpha value is -0.120. The van der Waals surface area contributed by atoms with E-state index in [-0.39, 0.29) is 17.8 Å². The molecule has 0 aliphatic heterocycles. The topological polar surface area (TPSA) is 38.7 Å². The van der Waals surface area contributed by atoms with E-state index in [1.54, 1.807) is 0 Å². The number of fused-ring (bicyclic) bond motifs is 2. The zero-order valence-corrected chi connectivity index (χ0v) is 9.19. The standard InChI is InChI=1S/C11H20O3/c1-11(2,3)14-13-10-8-5-4-7(6-8)9(10)12/h7-10,12H,4-6H2,1-3H3/t7-,8+,9-,10-/m1/s1. The Bertz CT molecular complexity index is 207. The van der Waals surface area contributed by atoms with E-state index in [1.807, 2.05) is 20.8 Å². The van der Waals surface area contributed by atoms with Crippen LogP contribution in [0.5, 0.6) is 0 Å². The highest BCUT2D eigenvalue weighted by molar-refractivity contribution is 4.97. The highest BCUT2D eigenvalue weighted by Crippen LogP contribution is 2.46. The third-order valence-corrected chi connectivity index (χ3v) is 3.21. The van der Waals surface area contributed by atoms with Gasteiger partial charge in [-0.25, -0.2) is 9.78 Å². The monoisotopic (exact) mass is 200 g/mol. The first-order chi connectivity index (χ1) is 6.47. The first-order valence-corrected chi connectivity index (χ1v) is 5.50. The predicted molar refractivity (Wildman–Crippen MR) is 52.5 cm³/mol. The van der Waals surface area contributed by atoms with Crippen LogP contribution in [0.2, 0.25) is 0 Å². The molecule has 1 N–H and O–H groups in total. The maximum absolute atomic E-state index is 9.87. The van der Waals surface area contributed by atoms with Crippen LogP contribution >= 0.6 is 0 Å². The Morgan fingerprint density at radius 2 is 1.79 bits per heavy atom.